The van der Waals surface area contributed by atoms with Gasteiger partial charge in [-0.05, 0) is 36.8 Å². The Labute approximate surface area is 126 Å². The van der Waals surface area contributed by atoms with Gasteiger partial charge in [-0.3, -0.25) is 4.79 Å². The number of carbonyl (C=O) groups is 1. The maximum Gasteiger partial charge on any atom is 0.261 e. The molecule has 2 aromatic rings. The molecule has 1 unspecified atom stereocenters. The van der Waals surface area contributed by atoms with Crippen LogP contribution in [0.2, 0.25) is 5.02 Å². The van der Waals surface area contributed by atoms with Gasteiger partial charge in [0, 0.05) is 22.8 Å². The molecule has 108 valence electrons. The zero-order chi connectivity index (χ0) is 15.0. The quantitative estimate of drug-likeness (QED) is 0.875. The molecular formula is C16H13ClFNO2. The van der Waals surface area contributed by atoms with Crippen LogP contribution >= 0.6 is 11.6 Å². The summed E-state index contributed by atoms with van der Waals surface area (Å²) in [4.78, 5) is 14.0. The summed E-state index contributed by atoms with van der Waals surface area (Å²) in [5.74, 6) is -0.965. The number of aliphatic hydroxyl groups excluding tert-OH is 1. The van der Waals surface area contributed by atoms with Gasteiger partial charge in [0.15, 0.2) is 0 Å². The van der Waals surface area contributed by atoms with Crippen molar-refractivity contribution in [2.75, 3.05) is 11.4 Å². The first-order valence-electron chi connectivity index (χ1n) is 6.62. The first kappa shape index (κ1) is 14.0. The summed E-state index contributed by atoms with van der Waals surface area (Å²) >= 11 is 5.94. The first-order valence-corrected chi connectivity index (χ1v) is 6.99. The van der Waals surface area contributed by atoms with E-state index in [1.54, 1.807) is 30.3 Å². The Morgan fingerprint density at radius 2 is 2.05 bits per heavy atom. The van der Waals surface area contributed by atoms with Crippen LogP contribution < -0.4 is 4.90 Å². The predicted octanol–water partition coefficient (Wildman–Crippen LogP) is 3.56. The zero-order valence-corrected chi connectivity index (χ0v) is 11.8. The Bertz CT molecular complexity index is 704. The Hall–Kier alpha value is -1.91. The molecule has 0 aliphatic carbocycles. The van der Waals surface area contributed by atoms with Crippen molar-refractivity contribution >= 4 is 23.2 Å². The highest BCUT2D eigenvalue weighted by molar-refractivity contribution is 6.30. The third-order valence-corrected chi connectivity index (χ3v) is 3.85. The smallest absolute Gasteiger partial charge is 0.261 e. The van der Waals surface area contributed by atoms with E-state index in [2.05, 4.69) is 0 Å². The van der Waals surface area contributed by atoms with Crippen LogP contribution in [0.1, 0.15) is 28.4 Å². The Morgan fingerprint density at radius 1 is 1.29 bits per heavy atom. The molecule has 0 fully saturated rings. The molecule has 0 saturated carbocycles. The predicted molar refractivity (Wildman–Crippen MR) is 79.1 cm³/mol. The largest absolute Gasteiger partial charge is 0.388 e. The lowest BCUT2D eigenvalue weighted by atomic mass is 9.98. The average Bonchev–Trinajstić information content (AvgIpc) is 2.48. The molecule has 1 N–H and O–H groups in total. The van der Waals surface area contributed by atoms with Gasteiger partial charge in [0.05, 0.1) is 11.7 Å². The van der Waals surface area contributed by atoms with Crippen LogP contribution in [0.4, 0.5) is 10.1 Å². The summed E-state index contributed by atoms with van der Waals surface area (Å²) in [6.45, 7) is 0.336. The summed E-state index contributed by atoms with van der Waals surface area (Å²) in [7, 11) is 0. The van der Waals surface area contributed by atoms with Crippen LogP contribution in [0.3, 0.4) is 0 Å². The molecule has 5 heteroatoms. The summed E-state index contributed by atoms with van der Waals surface area (Å²) in [6, 6.07) is 10.9. The molecule has 2 aromatic carbocycles. The number of benzene rings is 2. The molecule has 1 heterocycles. The second kappa shape index (κ2) is 5.47. The second-order valence-corrected chi connectivity index (χ2v) is 5.38. The summed E-state index contributed by atoms with van der Waals surface area (Å²) in [6.07, 6.45) is -0.267. The van der Waals surface area contributed by atoms with E-state index in [1.807, 2.05) is 0 Å². The fraction of sp³-hybridized carbons (Fsp3) is 0.188. The summed E-state index contributed by atoms with van der Waals surface area (Å²) < 4.78 is 13.8. The van der Waals surface area contributed by atoms with Crippen LogP contribution in [0.5, 0.6) is 0 Å². The molecule has 0 bridgehead atoms. The topological polar surface area (TPSA) is 40.5 Å². The third-order valence-electron chi connectivity index (χ3n) is 3.61. The molecule has 0 aromatic heterocycles. The lowest BCUT2D eigenvalue weighted by Crippen LogP contribution is -2.37. The van der Waals surface area contributed by atoms with Gasteiger partial charge in [0.25, 0.3) is 5.91 Å². The average molecular weight is 306 g/mol. The number of carbonyl (C=O) groups excluding carboxylic acids is 1. The lowest BCUT2D eigenvalue weighted by molar-refractivity contribution is 0.0967. The maximum absolute atomic E-state index is 13.8. The number of halogens is 2. The Kier molecular flexibility index (Phi) is 3.66. The number of nitrogens with zero attached hydrogens (tertiary/aromatic N) is 1. The van der Waals surface area contributed by atoms with Crippen molar-refractivity contribution in [3.8, 4) is 0 Å². The van der Waals surface area contributed by atoms with Crippen molar-refractivity contribution < 1.29 is 14.3 Å². The van der Waals surface area contributed by atoms with E-state index in [9.17, 15) is 14.3 Å². The number of aliphatic hydroxyl groups is 1. The van der Waals surface area contributed by atoms with Crippen LogP contribution in [0, 0.1) is 5.82 Å². The molecule has 1 amide bonds. The minimum atomic E-state index is -0.664. The first-order chi connectivity index (χ1) is 10.1. The normalized spacial score (nSPS) is 17.5. The highest BCUT2D eigenvalue weighted by Gasteiger charge is 2.29. The van der Waals surface area contributed by atoms with Gasteiger partial charge in [0.1, 0.15) is 5.82 Å². The van der Waals surface area contributed by atoms with Gasteiger partial charge in [-0.2, -0.15) is 0 Å². The molecule has 1 atom stereocenters. The number of amides is 1. The van der Waals surface area contributed by atoms with Crippen molar-refractivity contribution in [3.05, 3.63) is 64.4 Å². The Morgan fingerprint density at radius 3 is 2.81 bits per heavy atom. The van der Waals surface area contributed by atoms with Crippen LogP contribution in [-0.4, -0.2) is 17.6 Å². The molecule has 3 rings (SSSR count). The van der Waals surface area contributed by atoms with Crippen molar-refractivity contribution in [1.29, 1.82) is 0 Å². The number of hydrogen-bond acceptors (Lipinski definition) is 2. The number of anilines is 1. The number of fused-ring (bicyclic) bond motifs is 1. The van der Waals surface area contributed by atoms with Crippen LogP contribution in [0.25, 0.3) is 0 Å². The van der Waals surface area contributed by atoms with E-state index in [0.717, 1.165) is 0 Å². The molecular weight excluding hydrogens is 293 g/mol. The Balaban J connectivity index is 2.03. The summed E-state index contributed by atoms with van der Waals surface area (Å²) in [5.41, 5.74) is 1.19. The van der Waals surface area contributed by atoms with E-state index >= 15 is 0 Å². The van der Waals surface area contributed by atoms with Gasteiger partial charge in [-0.15, -0.1) is 0 Å². The highest BCUT2D eigenvalue weighted by Crippen LogP contribution is 2.36. The monoisotopic (exact) mass is 305 g/mol. The fourth-order valence-electron chi connectivity index (χ4n) is 2.56. The minimum absolute atomic E-state index is 0.0230. The molecule has 1 aliphatic rings. The SMILES string of the molecule is O=C(c1ccccc1F)N1CCC(O)c2cc(Cl)ccc21. The minimum Gasteiger partial charge on any atom is -0.388 e. The third kappa shape index (κ3) is 2.52. The number of hydrogen-bond donors (Lipinski definition) is 1. The van der Waals surface area contributed by atoms with E-state index < -0.39 is 17.8 Å². The van der Waals surface area contributed by atoms with Crippen LogP contribution in [0.15, 0.2) is 42.5 Å². The fourth-order valence-corrected chi connectivity index (χ4v) is 2.74. The lowest BCUT2D eigenvalue weighted by Gasteiger charge is -2.32. The van der Waals surface area contributed by atoms with Gasteiger partial charge in [-0.25, -0.2) is 4.39 Å². The zero-order valence-electron chi connectivity index (χ0n) is 11.1. The standard InChI is InChI=1S/C16H13ClFNO2/c17-10-5-6-14-12(9-10)15(20)7-8-19(14)16(21)11-3-1-2-4-13(11)18/h1-6,9,15,20H,7-8H2. The van der Waals surface area contributed by atoms with Crippen molar-refractivity contribution in [1.82, 2.24) is 0 Å². The van der Waals surface area contributed by atoms with Gasteiger partial charge >= 0.3 is 0 Å². The van der Waals surface area contributed by atoms with Crippen molar-refractivity contribution in [3.63, 3.8) is 0 Å². The van der Waals surface area contributed by atoms with E-state index in [0.29, 0.717) is 29.2 Å². The molecule has 0 spiro atoms. The second-order valence-electron chi connectivity index (χ2n) is 4.94. The van der Waals surface area contributed by atoms with Crippen molar-refractivity contribution in [2.24, 2.45) is 0 Å². The highest BCUT2D eigenvalue weighted by atomic mass is 35.5. The molecule has 3 nitrogen and oxygen atoms in total. The van der Waals surface area contributed by atoms with Gasteiger partial charge in [-0.1, -0.05) is 23.7 Å². The van der Waals surface area contributed by atoms with Crippen LogP contribution in [-0.2, 0) is 0 Å². The molecule has 0 radical (unpaired) electrons. The maximum atomic E-state index is 13.8. The number of rotatable bonds is 1. The van der Waals surface area contributed by atoms with Crippen molar-refractivity contribution in [2.45, 2.75) is 12.5 Å². The van der Waals surface area contributed by atoms with Gasteiger partial charge < -0.3 is 10.0 Å². The van der Waals surface area contributed by atoms with Gasteiger partial charge in [0.2, 0.25) is 0 Å². The van der Waals surface area contributed by atoms with E-state index in [4.69, 9.17) is 11.6 Å². The summed E-state index contributed by atoms with van der Waals surface area (Å²) in [5, 5.41) is 10.5. The van der Waals surface area contributed by atoms with E-state index in [-0.39, 0.29) is 5.56 Å². The van der Waals surface area contributed by atoms with E-state index in [1.165, 1.54) is 17.0 Å². The molecule has 0 saturated heterocycles. The molecule has 1 aliphatic heterocycles. The molecule has 21 heavy (non-hydrogen) atoms.